The highest BCUT2D eigenvalue weighted by Gasteiger charge is 2.42. The van der Waals surface area contributed by atoms with Gasteiger partial charge in [0.25, 0.3) is 0 Å². The van der Waals surface area contributed by atoms with Crippen molar-refractivity contribution in [1.29, 1.82) is 0 Å². The van der Waals surface area contributed by atoms with Gasteiger partial charge in [0.05, 0.1) is 10.8 Å². The second kappa shape index (κ2) is 5.26. The molecule has 5 heteroatoms. The van der Waals surface area contributed by atoms with Crippen LogP contribution in [0, 0.1) is 10.8 Å². The van der Waals surface area contributed by atoms with Crippen molar-refractivity contribution in [2.24, 2.45) is 16.6 Å². The van der Waals surface area contributed by atoms with E-state index in [1.807, 2.05) is 20.8 Å². The predicted octanol–water partition coefficient (Wildman–Crippen LogP) is 1.07. The van der Waals surface area contributed by atoms with Crippen molar-refractivity contribution in [3.63, 3.8) is 0 Å². The summed E-state index contributed by atoms with van der Waals surface area (Å²) in [5.41, 5.74) is 4.39. The lowest BCUT2D eigenvalue weighted by Gasteiger charge is -2.40. The van der Waals surface area contributed by atoms with E-state index in [2.05, 4.69) is 0 Å². The summed E-state index contributed by atoms with van der Waals surface area (Å²) >= 11 is 0. The van der Waals surface area contributed by atoms with E-state index < -0.39 is 16.8 Å². The number of carboxylic acid groups (broad SMARTS) is 1. The van der Waals surface area contributed by atoms with Crippen molar-refractivity contribution < 1.29 is 14.7 Å². The number of piperidine rings is 1. The molecule has 0 aliphatic carbocycles. The topological polar surface area (TPSA) is 83.6 Å². The molecule has 0 aromatic rings. The van der Waals surface area contributed by atoms with E-state index >= 15 is 0 Å². The molecule has 0 saturated carbocycles. The van der Waals surface area contributed by atoms with Crippen LogP contribution in [0.5, 0.6) is 0 Å². The minimum Gasteiger partial charge on any atom is -0.481 e. The highest BCUT2D eigenvalue weighted by atomic mass is 16.4. The monoisotopic (exact) mass is 256 g/mol. The van der Waals surface area contributed by atoms with Crippen LogP contribution in [0.1, 0.15) is 40.0 Å². The van der Waals surface area contributed by atoms with E-state index in [1.54, 1.807) is 4.90 Å². The zero-order chi connectivity index (χ0) is 14.0. The molecule has 18 heavy (non-hydrogen) atoms. The molecule has 1 fully saturated rings. The molecule has 1 amide bonds. The van der Waals surface area contributed by atoms with Crippen LogP contribution < -0.4 is 5.73 Å². The normalized spacial score (nSPS) is 19.7. The first-order chi connectivity index (χ1) is 8.29. The number of carbonyl (C=O) groups excluding carboxylic acids is 1. The van der Waals surface area contributed by atoms with E-state index in [4.69, 9.17) is 5.73 Å². The lowest BCUT2D eigenvalue weighted by atomic mass is 9.75. The van der Waals surface area contributed by atoms with Gasteiger partial charge in [-0.3, -0.25) is 9.59 Å². The van der Waals surface area contributed by atoms with Crippen molar-refractivity contribution in [3.8, 4) is 0 Å². The Morgan fingerprint density at radius 2 is 1.83 bits per heavy atom. The van der Waals surface area contributed by atoms with Crippen molar-refractivity contribution in [2.45, 2.75) is 40.0 Å². The third kappa shape index (κ3) is 2.66. The molecule has 0 atom stereocenters. The third-order valence-electron chi connectivity index (χ3n) is 4.23. The first kappa shape index (κ1) is 15.0. The smallest absolute Gasteiger partial charge is 0.309 e. The summed E-state index contributed by atoms with van der Waals surface area (Å²) in [6.45, 7) is 6.89. The fourth-order valence-electron chi connectivity index (χ4n) is 2.37. The maximum atomic E-state index is 12.2. The standard InChI is InChI=1S/C13H24N2O3/c1-4-13(11(17)18)5-7-15(8-6-13)10(16)12(2,3)9-14/h4-9,14H2,1-3H3,(H,17,18). The number of nitrogens with zero attached hydrogens (tertiary/aromatic N) is 1. The fourth-order valence-corrected chi connectivity index (χ4v) is 2.37. The van der Waals surface area contributed by atoms with Gasteiger partial charge in [0.15, 0.2) is 0 Å². The average molecular weight is 256 g/mol. The van der Waals surface area contributed by atoms with Gasteiger partial charge in [0, 0.05) is 19.6 Å². The second-order valence-electron chi connectivity index (χ2n) is 5.82. The number of carbonyl (C=O) groups is 2. The molecule has 0 bridgehead atoms. The van der Waals surface area contributed by atoms with Crippen molar-refractivity contribution in [3.05, 3.63) is 0 Å². The third-order valence-corrected chi connectivity index (χ3v) is 4.23. The summed E-state index contributed by atoms with van der Waals surface area (Å²) in [6.07, 6.45) is 1.68. The van der Waals surface area contributed by atoms with Gasteiger partial charge in [-0.15, -0.1) is 0 Å². The molecule has 0 aromatic heterocycles. The Balaban J connectivity index is 2.70. The molecule has 5 nitrogen and oxygen atoms in total. The number of carboxylic acids is 1. The molecular weight excluding hydrogens is 232 g/mol. The second-order valence-corrected chi connectivity index (χ2v) is 5.82. The Bertz CT molecular complexity index is 331. The van der Waals surface area contributed by atoms with Crippen molar-refractivity contribution >= 4 is 11.9 Å². The number of rotatable bonds is 4. The first-order valence-electron chi connectivity index (χ1n) is 6.52. The molecule has 0 radical (unpaired) electrons. The van der Waals surface area contributed by atoms with Crippen LogP contribution in [0.4, 0.5) is 0 Å². The summed E-state index contributed by atoms with van der Waals surface area (Å²) in [6, 6.07) is 0. The maximum Gasteiger partial charge on any atom is 0.309 e. The summed E-state index contributed by atoms with van der Waals surface area (Å²) in [5, 5.41) is 9.30. The molecule has 1 saturated heterocycles. The van der Waals surface area contributed by atoms with E-state index in [0.717, 1.165) is 0 Å². The highest BCUT2D eigenvalue weighted by Crippen LogP contribution is 2.36. The minimum absolute atomic E-state index is 0.0279. The summed E-state index contributed by atoms with van der Waals surface area (Å²) in [4.78, 5) is 25.3. The van der Waals surface area contributed by atoms with Gasteiger partial charge in [0.2, 0.25) is 5.91 Å². The van der Waals surface area contributed by atoms with Gasteiger partial charge in [-0.05, 0) is 33.1 Å². The number of aliphatic carboxylic acids is 1. The van der Waals surface area contributed by atoms with Crippen molar-refractivity contribution in [2.75, 3.05) is 19.6 Å². The zero-order valence-corrected chi connectivity index (χ0v) is 11.5. The predicted molar refractivity (Wildman–Crippen MR) is 69.0 cm³/mol. The molecular formula is C13H24N2O3. The molecule has 0 aromatic carbocycles. The van der Waals surface area contributed by atoms with Crippen LogP contribution in [0.15, 0.2) is 0 Å². The van der Waals surface area contributed by atoms with Gasteiger partial charge >= 0.3 is 5.97 Å². The average Bonchev–Trinajstić information content (AvgIpc) is 2.37. The number of hydrogen-bond acceptors (Lipinski definition) is 3. The van der Waals surface area contributed by atoms with Crippen LogP contribution in [-0.2, 0) is 9.59 Å². The van der Waals surface area contributed by atoms with Crippen LogP contribution in [0.25, 0.3) is 0 Å². The lowest BCUT2D eigenvalue weighted by Crippen LogP contribution is -2.51. The van der Waals surface area contributed by atoms with Gasteiger partial charge in [0.1, 0.15) is 0 Å². The Morgan fingerprint density at radius 3 is 2.17 bits per heavy atom. The summed E-state index contributed by atoms with van der Waals surface area (Å²) in [7, 11) is 0. The van der Waals surface area contributed by atoms with E-state index in [9.17, 15) is 14.7 Å². The Morgan fingerprint density at radius 1 is 1.33 bits per heavy atom. The fraction of sp³-hybridized carbons (Fsp3) is 0.846. The van der Waals surface area contributed by atoms with Crippen LogP contribution in [-0.4, -0.2) is 41.5 Å². The molecule has 0 spiro atoms. The molecule has 0 unspecified atom stereocenters. The maximum absolute atomic E-state index is 12.2. The first-order valence-corrected chi connectivity index (χ1v) is 6.52. The minimum atomic E-state index is -0.741. The number of amides is 1. The van der Waals surface area contributed by atoms with E-state index in [1.165, 1.54) is 0 Å². The van der Waals surface area contributed by atoms with E-state index in [-0.39, 0.29) is 5.91 Å². The van der Waals surface area contributed by atoms with Gasteiger partial charge in [-0.1, -0.05) is 6.92 Å². The quantitative estimate of drug-likeness (QED) is 0.788. The number of nitrogens with two attached hydrogens (primary N) is 1. The zero-order valence-electron chi connectivity index (χ0n) is 11.5. The number of hydrogen-bond donors (Lipinski definition) is 2. The van der Waals surface area contributed by atoms with Crippen LogP contribution in [0.2, 0.25) is 0 Å². The Labute approximate surface area is 108 Å². The van der Waals surface area contributed by atoms with E-state index in [0.29, 0.717) is 38.9 Å². The summed E-state index contributed by atoms with van der Waals surface area (Å²) < 4.78 is 0. The Kier molecular flexibility index (Phi) is 4.37. The molecule has 1 rings (SSSR count). The molecule has 1 aliphatic heterocycles. The van der Waals surface area contributed by atoms with Gasteiger partial charge in [-0.2, -0.15) is 0 Å². The molecule has 1 heterocycles. The number of likely N-dealkylation sites (tertiary alicyclic amines) is 1. The lowest BCUT2D eigenvalue weighted by molar-refractivity contribution is -0.156. The summed E-state index contributed by atoms with van der Waals surface area (Å²) in [5.74, 6) is -0.713. The van der Waals surface area contributed by atoms with Crippen LogP contribution in [0.3, 0.4) is 0 Å². The molecule has 3 N–H and O–H groups in total. The molecule has 104 valence electrons. The van der Waals surface area contributed by atoms with Crippen LogP contribution >= 0.6 is 0 Å². The largest absolute Gasteiger partial charge is 0.481 e. The highest BCUT2D eigenvalue weighted by molar-refractivity contribution is 5.83. The molecule has 1 aliphatic rings. The van der Waals surface area contributed by atoms with Crippen molar-refractivity contribution in [1.82, 2.24) is 4.90 Å². The van der Waals surface area contributed by atoms with Gasteiger partial charge in [-0.25, -0.2) is 0 Å². The SMILES string of the molecule is CCC1(C(=O)O)CCN(C(=O)C(C)(C)CN)CC1. The van der Waals surface area contributed by atoms with Gasteiger partial charge < -0.3 is 15.7 Å². The Hall–Kier alpha value is -1.10.